The average Bonchev–Trinajstić information content (AvgIpc) is 2.55. The molecule has 0 radical (unpaired) electrons. The lowest BCUT2D eigenvalue weighted by atomic mass is 10.2. The summed E-state index contributed by atoms with van der Waals surface area (Å²) in [5, 5.41) is 9.42. The van der Waals surface area contributed by atoms with Crippen LogP contribution in [0.3, 0.4) is 0 Å². The van der Waals surface area contributed by atoms with Gasteiger partial charge in [0.15, 0.2) is 0 Å². The number of rotatable bonds is 5. The molecule has 0 amide bonds. The van der Waals surface area contributed by atoms with Gasteiger partial charge in [-0.2, -0.15) is 0 Å². The molecule has 1 heterocycles. The number of aliphatic hydroxyl groups is 1. The monoisotopic (exact) mass is 219 g/mol. The van der Waals surface area contributed by atoms with Gasteiger partial charge >= 0.3 is 0 Å². The molecule has 0 bridgehead atoms. The number of hydrogen-bond donors (Lipinski definition) is 3. The van der Waals surface area contributed by atoms with Gasteiger partial charge in [-0.1, -0.05) is 0 Å². The van der Waals surface area contributed by atoms with Crippen LogP contribution in [0.25, 0.3) is 0 Å². The normalized spacial score (nSPS) is 14.1. The van der Waals surface area contributed by atoms with E-state index in [0.29, 0.717) is 5.69 Å². The molecule has 0 fully saturated rings. The first-order valence-electron chi connectivity index (χ1n) is 4.10. The molecule has 0 saturated heterocycles. The maximum atomic E-state index is 11.0. The van der Waals surface area contributed by atoms with Crippen LogP contribution in [0.2, 0.25) is 0 Å². The zero-order valence-electron chi connectivity index (χ0n) is 7.77. The highest BCUT2D eigenvalue weighted by molar-refractivity contribution is 7.89. The molecule has 0 aromatic carbocycles. The minimum Gasteiger partial charge on any atom is -0.392 e. The van der Waals surface area contributed by atoms with Crippen molar-refractivity contribution in [1.82, 2.24) is 14.7 Å². The fourth-order valence-corrected chi connectivity index (χ4v) is 1.84. The Balaban J connectivity index is 2.48. The van der Waals surface area contributed by atoms with Gasteiger partial charge in [0.1, 0.15) is 0 Å². The van der Waals surface area contributed by atoms with E-state index < -0.39 is 16.1 Å². The van der Waals surface area contributed by atoms with Crippen molar-refractivity contribution < 1.29 is 13.5 Å². The first-order valence-corrected chi connectivity index (χ1v) is 5.75. The van der Waals surface area contributed by atoms with Gasteiger partial charge in [0, 0.05) is 18.3 Å². The van der Waals surface area contributed by atoms with Crippen LogP contribution < -0.4 is 4.72 Å². The zero-order valence-corrected chi connectivity index (χ0v) is 8.58. The van der Waals surface area contributed by atoms with Gasteiger partial charge in [0.2, 0.25) is 10.0 Å². The first-order chi connectivity index (χ1) is 6.53. The minimum absolute atomic E-state index is 0.251. The van der Waals surface area contributed by atoms with Gasteiger partial charge in [-0.3, -0.25) is 0 Å². The van der Waals surface area contributed by atoms with Crippen LogP contribution >= 0.6 is 0 Å². The lowest BCUT2D eigenvalue weighted by Crippen LogP contribution is -2.30. The average molecular weight is 219 g/mol. The molecule has 0 aliphatic carbocycles. The Morgan fingerprint density at radius 2 is 2.43 bits per heavy atom. The smallest absolute Gasteiger partial charge is 0.213 e. The van der Waals surface area contributed by atoms with E-state index in [1.807, 2.05) is 0 Å². The van der Waals surface area contributed by atoms with Crippen LogP contribution in [0, 0.1) is 0 Å². The Bertz CT molecular complexity index is 360. The number of aliphatic hydroxyl groups excluding tert-OH is 1. The van der Waals surface area contributed by atoms with Crippen LogP contribution in [0.5, 0.6) is 0 Å². The highest BCUT2D eigenvalue weighted by Crippen LogP contribution is 2.00. The van der Waals surface area contributed by atoms with Crippen LogP contribution in [0.4, 0.5) is 0 Å². The van der Waals surface area contributed by atoms with E-state index in [-0.39, 0.29) is 12.2 Å². The highest BCUT2D eigenvalue weighted by Gasteiger charge is 2.15. The molecule has 1 aromatic rings. The van der Waals surface area contributed by atoms with E-state index in [1.165, 1.54) is 13.4 Å². The van der Waals surface area contributed by atoms with Crippen LogP contribution in [-0.4, -0.2) is 42.4 Å². The van der Waals surface area contributed by atoms with Crippen molar-refractivity contribution in [3.63, 3.8) is 0 Å². The topological polar surface area (TPSA) is 95.1 Å². The molecule has 80 valence electrons. The van der Waals surface area contributed by atoms with Gasteiger partial charge in [0.25, 0.3) is 0 Å². The zero-order chi connectivity index (χ0) is 10.6. The molecule has 1 aromatic heterocycles. The number of nitrogens with zero attached hydrogens (tertiary/aromatic N) is 1. The second kappa shape index (κ2) is 4.54. The number of aromatic amines is 1. The third kappa shape index (κ3) is 3.44. The molecule has 1 atom stereocenters. The standard InChI is InChI=1S/C7H13N3O3S/c1-8-14(12,13)4-7(11)2-6-3-9-5-10-6/h3,5,7-8,11H,2,4H2,1H3,(H,9,10). The van der Waals surface area contributed by atoms with E-state index in [4.69, 9.17) is 0 Å². The maximum absolute atomic E-state index is 11.0. The van der Waals surface area contributed by atoms with E-state index in [0.717, 1.165) is 0 Å². The van der Waals surface area contributed by atoms with Crippen molar-refractivity contribution in [2.45, 2.75) is 12.5 Å². The number of H-pyrrole nitrogens is 1. The van der Waals surface area contributed by atoms with Gasteiger partial charge in [0.05, 0.1) is 18.2 Å². The summed E-state index contributed by atoms with van der Waals surface area (Å²) in [7, 11) is -2.04. The summed E-state index contributed by atoms with van der Waals surface area (Å²) >= 11 is 0. The number of aromatic nitrogens is 2. The number of imidazole rings is 1. The van der Waals surface area contributed by atoms with Crippen molar-refractivity contribution in [2.24, 2.45) is 0 Å². The van der Waals surface area contributed by atoms with Crippen molar-refractivity contribution in [3.05, 3.63) is 18.2 Å². The Hall–Kier alpha value is -0.920. The van der Waals surface area contributed by atoms with Crippen LogP contribution in [-0.2, 0) is 16.4 Å². The summed E-state index contributed by atoms with van der Waals surface area (Å²) in [4.78, 5) is 6.55. The minimum atomic E-state index is -3.36. The van der Waals surface area contributed by atoms with Crippen molar-refractivity contribution >= 4 is 10.0 Å². The summed E-state index contributed by atoms with van der Waals surface area (Å²) in [6.45, 7) is 0. The number of hydrogen-bond acceptors (Lipinski definition) is 4. The quantitative estimate of drug-likeness (QED) is 0.583. The van der Waals surface area contributed by atoms with Crippen molar-refractivity contribution in [3.8, 4) is 0 Å². The molecule has 0 saturated carbocycles. The second-order valence-electron chi connectivity index (χ2n) is 2.92. The lowest BCUT2D eigenvalue weighted by molar-refractivity contribution is 0.196. The lowest BCUT2D eigenvalue weighted by Gasteiger charge is -2.08. The summed E-state index contributed by atoms with van der Waals surface area (Å²) < 4.78 is 24.2. The molecular formula is C7H13N3O3S. The molecule has 0 aliphatic rings. The van der Waals surface area contributed by atoms with Gasteiger partial charge in [-0.25, -0.2) is 18.1 Å². The van der Waals surface area contributed by atoms with Gasteiger partial charge in [-0.15, -0.1) is 0 Å². The fraction of sp³-hybridized carbons (Fsp3) is 0.571. The van der Waals surface area contributed by atoms with Crippen molar-refractivity contribution in [2.75, 3.05) is 12.8 Å². The first kappa shape index (κ1) is 11.2. The second-order valence-corrected chi connectivity index (χ2v) is 4.89. The van der Waals surface area contributed by atoms with E-state index in [2.05, 4.69) is 14.7 Å². The summed E-state index contributed by atoms with van der Waals surface area (Å²) in [5.74, 6) is -0.303. The number of nitrogens with one attached hydrogen (secondary N) is 2. The molecule has 1 unspecified atom stereocenters. The van der Waals surface area contributed by atoms with Crippen molar-refractivity contribution in [1.29, 1.82) is 0 Å². The summed E-state index contributed by atoms with van der Waals surface area (Å²) in [5.41, 5.74) is 0.712. The third-order valence-corrected chi connectivity index (χ3v) is 3.18. The Labute approximate surface area is 82.4 Å². The molecule has 7 heteroatoms. The predicted octanol–water partition coefficient (Wildman–Crippen LogP) is -1.14. The Morgan fingerprint density at radius 3 is 2.93 bits per heavy atom. The predicted molar refractivity (Wildman–Crippen MR) is 51.1 cm³/mol. The molecule has 1 rings (SSSR count). The van der Waals surface area contributed by atoms with Gasteiger partial charge in [-0.05, 0) is 7.05 Å². The van der Waals surface area contributed by atoms with E-state index in [1.54, 1.807) is 6.20 Å². The molecule has 0 aliphatic heterocycles. The van der Waals surface area contributed by atoms with E-state index in [9.17, 15) is 13.5 Å². The molecule has 0 spiro atoms. The number of sulfonamides is 1. The molecule has 6 nitrogen and oxygen atoms in total. The summed E-state index contributed by atoms with van der Waals surface area (Å²) in [6.07, 6.45) is 2.36. The Morgan fingerprint density at radius 1 is 1.71 bits per heavy atom. The summed E-state index contributed by atoms with van der Waals surface area (Å²) in [6, 6.07) is 0. The highest BCUT2D eigenvalue weighted by atomic mass is 32.2. The van der Waals surface area contributed by atoms with Crippen LogP contribution in [0.1, 0.15) is 5.69 Å². The third-order valence-electron chi connectivity index (χ3n) is 1.73. The van der Waals surface area contributed by atoms with Crippen LogP contribution in [0.15, 0.2) is 12.5 Å². The largest absolute Gasteiger partial charge is 0.392 e. The Kier molecular flexibility index (Phi) is 3.62. The van der Waals surface area contributed by atoms with E-state index >= 15 is 0 Å². The molecular weight excluding hydrogens is 206 g/mol. The molecule has 3 N–H and O–H groups in total. The SMILES string of the molecule is CNS(=O)(=O)CC(O)Cc1cnc[nH]1. The molecule has 14 heavy (non-hydrogen) atoms. The van der Waals surface area contributed by atoms with Gasteiger partial charge < -0.3 is 10.1 Å². The fourth-order valence-electron chi connectivity index (χ4n) is 1.05. The maximum Gasteiger partial charge on any atom is 0.213 e.